The molecule has 2 N–H and O–H groups in total. The molecule has 1 aromatic heterocycles. The second kappa shape index (κ2) is 13.4. The number of imidazole rings is 1. The highest BCUT2D eigenvalue weighted by Crippen LogP contribution is 2.38. The summed E-state index contributed by atoms with van der Waals surface area (Å²) < 4.78 is 89.6. The number of aryl methyl sites for hydroxylation is 1. The van der Waals surface area contributed by atoms with E-state index in [1.54, 1.807) is 12.5 Å². The molecule has 0 amide bonds. The molecule has 0 aliphatic heterocycles. The van der Waals surface area contributed by atoms with E-state index in [-0.39, 0.29) is 22.8 Å². The second-order valence-electron chi connectivity index (χ2n) is 11.8. The molecule has 13 heteroatoms. The molecule has 0 fully saturated rings. The predicted molar refractivity (Wildman–Crippen MR) is 170 cm³/mol. The van der Waals surface area contributed by atoms with Crippen LogP contribution >= 0.6 is 12.2 Å². The summed E-state index contributed by atoms with van der Waals surface area (Å²) in [5.74, 6) is 0. The first-order valence-electron chi connectivity index (χ1n) is 14.1. The number of nitrogens with zero attached hydrogens (tertiary/aromatic N) is 2. The molecule has 240 valence electrons. The topological polar surface area (TPSA) is 51.1 Å². The number of hydrogen-bond donors (Lipinski definition) is 2. The van der Waals surface area contributed by atoms with Crippen LogP contribution in [0.15, 0.2) is 91.4 Å². The number of thiocarbonyl (C=S) groups is 1. The molecule has 45 heavy (non-hydrogen) atoms. The van der Waals surface area contributed by atoms with Crippen LogP contribution in [0.3, 0.4) is 0 Å². The van der Waals surface area contributed by atoms with Crippen molar-refractivity contribution in [2.75, 3.05) is 11.9 Å². The molecule has 0 aliphatic rings. The van der Waals surface area contributed by atoms with Crippen molar-refractivity contribution in [2.45, 2.75) is 50.6 Å². The molecule has 0 spiro atoms. The van der Waals surface area contributed by atoms with Gasteiger partial charge in [0.25, 0.3) is 8.32 Å². The van der Waals surface area contributed by atoms with Gasteiger partial charge in [-0.1, -0.05) is 81.4 Å². The zero-order valence-electron chi connectivity index (χ0n) is 25.1. The van der Waals surface area contributed by atoms with Crippen LogP contribution in [0.4, 0.5) is 32.0 Å². The minimum atomic E-state index is -4.99. The van der Waals surface area contributed by atoms with Gasteiger partial charge in [-0.3, -0.25) is 0 Å². The van der Waals surface area contributed by atoms with E-state index >= 15 is 0 Å². The highest BCUT2D eigenvalue weighted by Gasteiger charge is 2.50. The summed E-state index contributed by atoms with van der Waals surface area (Å²) in [6, 6.07) is 20.6. The summed E-state index contributed by atoms with van der Waals surface area (Å²) in [7, 11) is -1.17. The first-order valence-corrected chi connectivity index (χ1v) is 16.4. The Kier molecular flexibility index (Phi) is 10.1. The lowest BCUT2D eigenvalue weighted by Crippen LogP contribution is -2.67. The molecule has 4 aromatic rings. The van der Waals surface area contributed by atoms with Gasteiger partial charge < -0.3 is 19.6 Å². The van der Waals surface area contributed by atoms with Crippen LogP contribution in [-0.4, -0.2) is 35.6 Å². The van der Waals surface area contributed by atoms with Crippen molar-refractivity contribution in [1.82, 2.24) is 14.9 Å². The fourth-order valence-electron chi connectivity index (χ4n) is 5.35. The maximum Gasteiger partial charge on any atom is 0.416 e. The molecule has 1 atom stereocenters. The van der Waals surface area contributed by atoms with Gasteiger partial charge in [-0.15, -0.1) is 0 Å². The average molecular weight is 665 g/mol. The second-order valence-corrected chi connectivity index (χ2v) is 16.5. The molecular weight excluding hydrogens is 631 g/mol. The third-order valence-corrected chi connectivity index (χ3v) is 12.7. The number of nitrogens with one attached hydrogen (secondary N) is 2. The summed E-state index contributed by atoms with van der Waals surface area (Å²) in [4.78, 5) is 4.17. The quantitative estimate of drug-likeness (QED) is 0.116. The van der Waals surface area contributed by atoms with Gasteiger partial charge in [-0.2, -0.15) is 26.3 Å². The standard InChI is InChI=1S/C32H34F6N4OSSi/c1-30(2,3)45(27-11-7-5-8-12-27,28-13-9-6-10-14-28)43-20-25(18-26-19-39-21-42(26)4)41-29(44)40-24-16-22(31(33,34)35)15-23(17-24)32(36,37)38/h5-17,19,21,25H,18,20H2,1-4H3,(H2,40,41,44)/t25-/m1/s1. The minimum Gasteiger partial charge on any atom is -0.405 e. The molecule has 0 saturated carbocycles. The van der Waals surface area contributed by atoms with Gasteiger partial charge in [0.05, 0.1) is 30.1 Å². The highest BCUT2D eigenvalue weighted by molar-refractivity contribution is 7.80. The fraction of sp³-hybridized carbons (Fsp3) is 0.312. The lowest BCUT2D eigenvalue weighted by atomic mass is 10.1. The zero-order chi connectivity index (χ0) is 33.0. The van der Waals surface area contributed by atoms with Crippen molar-refractivity contribution in [3.05, 3.63) is 108 Å². The summed E-state index contributed by atoms with van der Waals surface area (Å²) >= 11 is 5.43. The number of hydrogen-bond acceptors (Lipinski definition) is 3. The van der Waals surface area contributed by atoms with Crippen molar-refractivity contribution >= 4 is 41.7 Å². The zero-order valence-corrected chi connectivity index (χ0v) is 26.9. The van der Waals surface area contributed by atoms with Crippen LogP contribution in [-0.2, 0) is 30.2 Å². The lowest BCUT2D eigenvalue weighted by molar-refractivity contribution is -0.143. The Labute approximate surface area is 264 Å². The van der Waals surface area contributed by atoms with E-state index in [1.165, 1.54) is 0 Å². The summed E-state index contributed by atoms with van der Waals surface area (Å²) in [6.45, 7) is 6.50. The van der Waals surface area contributed by atoms with Crippen molar-refractivity contribution < 1.29 is 30.8 Å². The molecule has 3 aromatic carbocycles. The normalized spacial score (nSPS) is 13.4. The van der Waals surface area contributed by atoms with E-state index in [0.29, 0.717) is 18.6 Å². The van der Waals surface area contributed by atoms with E-state index in [4.69, 9.17) is 16.6 Å². The van der Waals surface area contributed by atoms with Gasteiger partial charge in [0.1, 0.15) is 0 Å². The van der Waals surface area contributed by atoms with Gasteiger partial charge in [-0.25, -0.2) is 4.98 Å². The maximum atomic E-state index is 13.5. The number of halogens is 6. The smallest absolute Gasteiger partial charge is 0.405 e. The van der Waals surface area contributed by atoms with Gasteiger partial charge in [-0.05, 0) is 45.8 Å². The predicted octanol–water partition coefficient (Wildman–Crippen LogP) is 6.93. The number of alkyl halides is 6. The maximum absolute atomic E-state index is 13.5. The van der Waals surface area contributed by atoms with Crippen LogP contribution in [0.1, 0.15) is 37.6 Å². The number of rotatable bonds is 9. The van der Waals surface area contributed by atoms with Crippen molar-refractivity contribution in [3.63, 3.8) is 0 Å². The molecule has 0 bridgehead atoms. The Morgan fingerprint density at radius 2 is 1.38 bits per heavy atom. The molecule has 0 aliphatic carbocycles. The largest absolute Gasteiger partial charge is 0.416 e. The van der Waals surface area contributed by atoms with Crippen LogP contribution in [0.25, 0.3) is 0 Å². The van der Waals surface area contributed by atoms with E-state index in [9.17, 15) is 26.3 Å². The van der Waals surface area contributed by atoms with Gasteiger partial charge >= 0.3 is 12.4 Å². The summed E-state index contributed by atoms with van der Waals surface area (Å²) in [5.41, 5.74) is -2.50. The molecule has 4 rings (SSSR count). The Morgan fingerprint density at radius 1 is 0.867 bits per heavy atom. The molecule has 0 radical (unpaired) electrons. The number of anilines is 1. The van der Waals surface area contributed by atoms with E-state index in [0.717, 1.165) is 16.1 Å². The molecule has 0 saturated heterocycles. The minimum absolute atomic E-state index is 0.0740. The van der Waals surface area contributed by atoms with Crippen LogP contribution in [0, 0.1) is 0 Å². The number of aromatic nitrogens is 2. The van der Waals surface area contributed by atoms with E-state index in [2.05, 4.69) is 36.4 Å². The first-order chi connectivity index (χ1) is 21.0. The van der Waals surface area contributed by atoms with Crippen molar-refractivity contribution in [1.29, 1.82) is 0 Å². The Balaban J connectivity index is 1.68. The van der Waals surface area contributed by atoms with Gasteiger partial charge in [0, 0.05) is 31.0 Å². The summed E-state index contributed by atoms with van der Waals surface area (Å²) in [5, 5.41) is 7.23. The van der Waals surface area contributed by atoms with E-state index in [1.807, 2.05) is 72.3 Å². The molecule has 1 heterocycles. The Hall–Kier alpha value is -3.68. The van der Waals surface area contributed by atoms with Crippen molar-refractivity contribution in [3.8, 4) is 0 Å². The number of benzene rings is 3. The molecule has 5 nitrogen and oxygen atoms in total. The SMILES string of the molecule is Cn1cncc1C[C@H](CO[Si](c1ccccc1)(c1ccccc1)C(C)(C)C)NC(=S)Nc1cc(C(F)(F)F)cc(C(F)(F)F)c1. The van der Waals surface area contributed by atoms with Crippen molar-refractivity contribution in [2.24, 2.45) is 7.05 Å². The highest BCUT2D eigenvalue weighted by atomic mass is 32.1. The van der Waals surface area contributed by atoms with E-state index < -0.39 is 43.5 Å². The molecular formula is C32H34F6N4OSSi. The Morgan fingerprint density at radius 3 is 1.80 bits per heavy atom. The molecule has 0 unspecified atom stereocenters. The fourth-order valence-corrected chi connectivity index (χ4v) is 10.2. The Bertz CT molecular complexity index is 1520. The van der Waals surface area contributed by atoms with Crippen LogP contribution in [0.5, 0.6) is 0 Å². The third kappa shape index (κ3) is 8.13. The lowest BCUT2D eigenvalue weighted by Gasteiger charge is -2.43. The van der Waals surface area contributed by atoms with Gasteiger partial charge in [0.2, 0.25) is 0 Å². The van der Waals surface area contributed by atoms with Crippen LogP contribution < -0.4 is 21.0 Å². The van der Waals surface area contributed by atoms with Crippen LogP contribution in [0.2, 0.25) is 5.04 Å². The monoisotopic (exact) mass is 664 g/mol. The first kappa shape index (κ1) is 34.2. The average Bonchev–Trinajstić information content (AvgIpc) is 3.36. The van der Waals surface area contributed by atoms with Gasteiger partial charge in [0.15, 0.2) is 5.11 Å². The third-order valence-electron chi connectivity index (χ3n) is 7.47. The summed E-state index contributed by atoms with van der Waals surface area (Å²) in [6.07, 6.45) is -6.31.